The van der Waals surface area contributed by atoms with Crippen molar-refractivity contribution in [2.24, 2.45) is 5.10 Å². The zero-order valence-electron chi connectivity index (χ0n) is 10.0. The lowest BCUT2D eigenvalue weighted by molar-refractivity contribution is -0.135. The molecule has 0 aromatic carbocycles. The molecule has 3 rings (SSSR count). The van der Waals surface area contributed by atoms with Gasteiger partial charge in [0.1, 0.15) is 5.25 Å². The van der Waals surface area contributed by atoms with Crippen molar-refractivity contribution in [2.45, 2.75) is 48.9 Å². The molecule has 1 atom stereocenters. The Kier molecular flexibility index (Phi) is 2.85. The minimum Gasteiger partial charge on any atom is -0.480 e. The zero-order valence-corrected chi connectivity index (χ0v) is 10.9. The molecule has 0 amide bonds. The molecule has 0 saturated heterocycles. The number of fused-ring (bicyclic) bond motifs is 1. The summed E-state index contributed by atoms with van der Waals surface area (Å²) in [4.78, 5) is 11.1. The Bertz CT molecular complexity index is 519. The van der Waals surface area contributed by atoms with Crippen molar-refractivity contribution in [1.29, 1.82) is 0 Å². The SMILES string of the molecule is CC1=Nn2c(nnc2C2CCCC2)SC1C(=O)O. The lowest BCUT2D eigenvalue weighted by atomic mass is 10.1. The molecule has 2 aliphatic rings. The third-order valence-corrected chi connectivity index (χ3v) is 4.69. The maximum atomic E-state index is 11.1. The number of aliphatic carboxylic acids is 1. The third-order valence-electron chi connectivity index (χ3n) is 3.44. The molecule has 1 unspecified atom stereocenters. The van der Waals surface area contributed by atoms with Crippen molar-refractivity contribution in [3.63, 3.8) is 0 Å². The van der Waals surface area contributed by atoms with E-state index >= 15 is 0 Å². The molecule has 18 heavy (non-hydrogen) atoms. The van der Waals surface area contributed by atoms with E-state index in [1.165, 1.54) is 24.6 Å². The third kappa shape index (κ3) is 1.82. The first-order chi connectivity index (χ1) is 8.66. The molecule has 0 bridgehead atoms. The van der Waals surface area contributed by atoms with Crippen LogP contribution in [0.5, 0.6) is 0 Å². The van der Waals surface area contributed by atoms with E-state index in [-0.39, 0.29) is 0 Å². The number of hydrogen-bond acceptors (Lipinski definition) is 5. The summed E-state index contributed by atoms with van der Waals surface area (Å²) in [7, 11) is 0. The molecule has 1 N–H and O–H groups in total. The van der Waals surface area contributed by atoms with Crippen LogP contribution in [0.1, 0.15) is 44.3 Å². The van der Waals surface area contributed by atoms with E-state index in [2.05, 4.69) is 15.3 Å². The van der Waals surface area contributed by atoms with Crippen molar-refractivity contribution in [3.05, 3.63) is 5.82 Å². The van der Waals surface area contributed by atoms with Gasteiger partial charge in [0.15, 0.2) is 5.82 Å². The fourth-order valence-corrected chi connectivity index (χ4v) is 3.36. The van der Waals surface area contributed by atoms with Crippen molar-refractivity contribution >= 4 is 23.4 Å². The second-order valence-electron chi connectivity index (χ2n) is 4.71. The van der Waals surface area contributed by atoms with E-state index in [4.69, 9.17) is 5.11 Å². The highest BCUT2D eigenvalue weighted by Crippen LogP contribution is 2.36. The van der Waals surface area contributed by atoms with Gasteiger partial charge in [0.25, 0.3) is 0 Å². The summed E-state index contributed by atoms with van der Waals surface area (Å²) in [5, 5.41) is 21.7. The number of rotatable bonds is 2. The van der Waals surface area contributed by atoms with Crippen LogP contribution in [0.3, 0.4) is 0 Å². The van der Waals surface area contributed by atoms with Crippen LogP contribution in [-0.4, -0.2) is 36.9 Å². The number of aromatic nitrogens is 3. The minimum atomic E-state index is -0.877. The van der Waals surface area contributed by atoms with Gasteiger partial charge in [-0.3, -0.25) is 4.79 Å². The van der Waals surface area contributed by atoms with E-state index < -0.39 is 11.2 Å². The molecule has 7 heteroatoms. The standard InChI is InChI=1S/C11H14N4O2S/c1-6-8(10(16)17)18-11-13-12-9(15(11)14-6)7-4-2-3-5-7/h7-8H,2-5H2,1H3,(H,16,17). The number of nitrogens with zero attached hydrogens (tertiary/aromatic N) is 4. The maximum Gasteiger partial charge on any atom is 0.322 e. The fraction of sp³-hybridized carbons (Fsp3) is 0.636. The van der Waals surface area contributed by atoms with Gasteiger partial charge in [-0.1, -0.05) is 24.6 Å². The first-order valence-corrected chi connectivity index (χ1v) is 6.95. The first-order valence-electron chi connectivity index (χ1n) is 6.07. The Morgan fingerprint density at radius 3 is 2.78 bits per heavy atom. The van der Waals surface area contributed by atoms with Gasteiger partial charge in [0.05, 0.1) is 5.71 Å². The van der Waals surface area contributed by atoms with Gasteiger partial charge < -0.3 is 5.11 Å². The highest BCUT2D eigenvalue weighted by atomic mass is 32.2. The molecule has 2 heterocycles. The van der Waals surface area contributed by atoms with Gasteiger partial charge in [0, 0.05) is 5.92 Å². The Morgan fingerprint density at radius 1 is 1.39 bits per heavy atom. The van der Waals surface area contributed by atoms with Crippen molar-refractivity contribution < 1.29 is 9.90 Å². The molecule has 0 spiro atoms. The van der Waals surface area contributed by atoms with E-state index in [0.29, 0.717) is 16.8 Å². The van der Waals surface area contributed by atoms with E-state index in [1.807, 2.05) is 0 Å². The number of carboxylic acid groups (broad SMARTS) is 1. The summed E-state index contributed by atoms with van der Waals surface area (Å²) >= 11 is 1.21. The second-order valence-corrected chi connectivity index (χ2v) is 5.78. The molecular weight excluding hydrogens is 252 g/mol. The molecule has 1 aliphatic heterocycles. The normalized spacial score (nSPS) is 23.8. The van der Waals surface area contributed by atoms with Crippen molar-refractivity contribution in [2.75, 3.05) is 0 Å². The van der Waals surface area contributed by atoms with Crippen LogP contribution in [0, 0.1) is 0 Å². The molecule has 1 saturated carbocycles. The molecule has 1 aliphatic carbocycles. The highest BCUT2D eigenvalue weighted by Gasteiger charge is 2.32. The number of thioether (sulfide) groups is 1. The predicted molar refractivity (Wildman–Crippen MR) is 67.0 cm³/mol. The smallest absolute Gasteiger partial charge is 0.322 e. The summed E-state index contributed by atoms with van der Waals surface area (Å²) in [5.74, 6) is 0.431. The van der Waals surface area contributed by atoms with Crippen LogP contribution in [0.2, 0.25) is 0 Å². The van der Waals surface area contributed by atoms with Gasteiger partial charge in [-0.15, -0.1) is 10.2 Å². The average Bonchev–Trinajstić information content (AvgIpc) is 2.94. The Labute approximate surface area is 108 Å². The summed E-state index contributed by atoms with van der Waals surface area (Å²) < 4.78 is 1.73. The number of carboxylic acids is 1. The van der Waals surface area contributed by atoms with Gasteiger partial charge >= 0.3 is 5.97 Å². The molecule has 1 aromatic heterocycles. The second kappa shape index (κ2) is 4.38. The lowest BCUT2D eigenvalue weighted by Crippen LogP contribution is -2.29. The lowest BCUT2D eigenvalue weighted by Gasteiger charge is -2.18. The van der Waals surface area contributed by atoms with E-state index in [1.54, 1.807) is 11.6 Å². The molecular formula is C11H14N4O2S. The predicted octanol–water partition coefficient (Wildman–Crippen LogP) is 1.72. The fourth-order valence-electron chi connectivity index (χ4n) is 2.51. The minimum absolute atomic E-state index is 0.421. The van der Waals surface area contributed by atoms with Crippen LogP contribution < -0.4 is 0 Å². The average molecular weight is 266 g/mol. The van der Waals surface area contributed by atoms with Gasteiger partial charge in [-0.25, -0.2) is 0 Å². The van der Waals surface area contributed by atoms with Crippen LogP contribution >= 0.6 is 11.8 Å². The van der Waals surface area contributed by atoms with Crippen LogP contribution in [0.25, 0.3) is 0 Å². The summed E-state index contributed by atoms with van der Waals surface area (Å²) in [6.45, 7) is 1.74. The Hall–Kier alpha value is -1.37. The van der Waals surface area contributed by atoms with Crippen LogP contribution in [0.15, 0.2) is 10.3 Å². The quantitative estimate of drug-likeness (QED) is 0.881. The first kappa shape index (κ1) is 11.7. The van der Waals surface area contributed by atoms with Crippen LogP contribution in [-0.2, 0) is 4.79 Å². The maximum absolute atomic E-state index is 11.1. The highest BCUT2D eigenvalue weighted by molar-refractivity contribution is 8.01. The van der Waals surface area contributed by atoms with Gasteiger partial charge in [-0.05, 0) is 19.8 Å². The topological polar surface area (TPSA) is 80.4 Å². The van der Waals surface area contributed by atoms with E-state index in [0.717, 1.165) is 18.7 Å². The molecule has 1 aromatic rings. The van der Waals surface area contributed by atoms with E-state index in [9.17, 15) is 4.79 Å². The van der Waals surface area contributed by atoms with Gasteiger partial charge in [-0.2, -0.15) is 9.78 Å². The van der Waals surface area contributed by atoms with Gasteiger partial charge in [0.2, 0.25) is 5.16 Å². The van der Waals surface area contributed by atoms with Crippen molar-refractivity contribution in [1.82, 2.24) is 14.9 Å². The molecule has 0 radical (unpaired) electrons. The molecule has 1 fully saturated rings. The molecule has 6 nitrogen and oxygen atoms in total. The largest absolute Gasteiger partial charge is 0.480 e. The zero-order chi connectivity index (χ0) is 12.7. The van der Waals surface area contributed by atoms with Crippen LogP contribution in [0.4, 0.5) is 0 Å². The number of hydrogen-bond donors (Lipinski definition) is 1. The Balaban J connectivity index is 1.96. The van der Waals surface area contributed by atoms with Crippen molar-refractivity contribution in [3.8, 4) is 0 Å². The molecule has 96 valence electrons. The Morgan fingerprint density at radius 2 is 2.11 bits per heavy atom. The summed E-state index contributed by atoms with van der Waals surface area (Å²) in [6.07, 6.45) is 4.69. The summed E-state index contributed by atoms with van der Waals surface area (Å²) in [5.41, 5.74) is 0.596. The number of carbonyl (C=O) groups is 1. The monoisotopic (exact) mass is 266 g/mol. The summed E-state index contributed by atoms with van der Waals surface area (Å²) in [6, 6.07) is 0.